The van der Waals surface area contributed by atoms with Gasteiger partial charge in [-0.1, -0.05) is 30.3 Å². The normalized spacial score (nSPS) is 13.8. The lowest BCUT2D eigenvalue weighted by Crippen LogP contribution is -2.29. The zero-order chi connectivity index (χ0) is 13.1. The summed E-state index contributed by atoms with van der Waals surface area (Å²) in [6, 6.07) is 12.6. The summed E-state index contributed by atoms with van der Waals surface area (Å²) >= 11 is 1.80. The summed E-state index contributed by atoms with van der Waals surface area (Å²) in [6.07, 6.45) is 1.89. The van der Waals surface area contributed by atoms with E-state index in [1.807, 2.05) is 12.3 Å². The van der Waals surface area contributed by atoms with Crippen LogP contribution in [0, 0.1) is 0 Å². The highest BCUT2D eigenvalue weighted by atomic mass is 32.2. The smallest absolute Gasteiger partial charge is 0.237 e. The van der Waals surface area contributed by atoms with E-state index in [9.17, 15) is 0 Å². The van der Waals surface area contributed by atoms with E-state index < -0.39 is 0 Å². The number of thioether (sulfide) groups is 1. The van der Waals surface area contributed by atoms with E-state index in [0.717, 1.165) is 23.9 Å². The van der Waals surface area contributed by atoms with E-state index in [0.29, 0.717) is 6.61 Å². The molecule has 1 aromatic carbocycles. The minimum absolute atomic E-state index is 0.715. The molecule has 1 aliphatic heterocycles. The first-order valence-electron chi connectivity index (χ1n) is 6.33. The molecule has 0 amide bonds. The summed E-state index contributed by atoms with van der Waals surface area (Å²) in [5.74, 6) is 1.71. The van der Waals surface area contributed by atoms with Crippen LogP contribution in [0.4, 0.5) is 5.69 Å². The van der Waals surface area contributed by atoms with Gasteiger partial charge in [-0.25, -0.2) is 4.98 Å². The number of benzene rings is 1. The molecule has 3 rings (SSSR count). The predicted octanol–water partition coefficient (Wildman–Crippen LogP) is 3.20. The van der Waals surface area contributed by atoms with Crippen molar-refractivity contribution in [3.05, 3.63) is 48.2 Å². The maximum Gasteiger partial charge on any atom is 0.237 e. The van der Waals surface area contributed by atoms with Crippen LogP contribution in [0.25, 0.3) is 0 Å². The molecule has 2 aromatic rings. The van der Waals surface area contributed by atoms with Gasteiger partial charge in [-0.05, 0) is 11.6 Å². The molecule has 0 radical (unpaired) electrons. The van der Waals surface area contributed by atoms with E-state index in [-0.39, 0.29) is 0 Å². The minimum Gasteiger partial charge on any atom is -0.474 e. The monoisotopic (exact) mass is 272 g/mol. The van der Waals surface area contributed by atoms with Crippen molar-refractivity contribution in [1.82, 2.24) is 4.98 Å². The summed E-state index contributed by atoms with van der Waals surface area (Å²) in [6.45, 7) is 1.63. The average molecular weight is 272 g/mol. The largest absolute Gasteiger partial charge is 0.474 e. The van der Waals surface area contributed by atoms with Crippen LogP contribution in [-0.4, -0.2) is 25.2 Å². The molecule has 0 N–H and O–H groups in total. The zero-order valence-electron chi connectivity index (χ0n) is 10.9. The average Bonchev–Trinajstić information content (AvgIpc) is 2.47. The number of likely N-dealkylation sites (N-methyl/N-ethyl adjacent to an activating group) is 1. The molecule has 19 heavy (non-hydrogen) atoms. The van der Waals surface area contributed by atoms with Gasteiger partial charge in [0.25, 0.3) is 0 Å². The van der Waals surface area contributed by atoms with Gasteiger partial charge in [0.2, 0.25) is 5.88 Å². The first-order valence-corrected chi connectivity index (χ1v) is 7.32. The second-order valence-corrected chi connectivity index (χ2v) is 5.59. The van der Waals surface area contributed by atoms with Gasteiger partial charge in [0.15, 0.2) is 0 Å². The SMILES string of the molecule is CN1CCOc2ncc(SCc3ccccc3)cc21. The van der Waals surface area contributed by atoms with Crippen LogP contribution in [-0.2, 0) is 5.75 Å². The third kappa shape index (κ3) is 2.84. The quantitative estimate of drug-likeness (QED) is 0.801. The molecule has 0 spiro atoms. The molecule has 4 heteroatoms. The van der Waals surface area contributed by atoms with Crippen LogP contribution in [0.3, 0.4) is 0 Å². The topological polar surface area (TPSA) is 25.4 Å². The van der Waals surface area contributed by atoms with Crippen LogP contribution in [0.15, 0.2) is 47.5 Å². The van der Waals surface area contributed by atoms with Crippen LogP contribution in [0.2, 0.25) is 0 Å². The molecule has 0 bridgehead atoms. The van der Waals surface area contributed by atoms with Crippen LogP contribution < -0.4 is 9.64 Å². The van der Waals surface area contributed by atoms with E-state index in [1.165, 1.54) is 10.5 Å². The number of nitrogens with zero attached hydrogens (tertiary/aromatic N) is 2. The molecule has 0 saturated heterocycles. The number of ether oxygens (including phenoxy) is 1. The standard InChI is InChI=1S/C15H16N2OS/c1-17-7-8-18-15-14(17)9-13(10-16-15)19-11-12-5-3-2-4-6-12/h2-6,9-10H,7-8,11H2,1H3. The summed E-state index contributed by atoms with van der Waals surface area (Å²) in [5, 5.41) is 0. The molecular formula is C15H16N2OS. The van der Waals surface area contributed by atoms with Crippen LogP contribution >= 0.6 is 11.8 Å². The lowest BCUT2D eigenvalue weighted by molar-refractivity contribution is 0.298. The van der Waals surface area contributed by atoms with Gasteiger partial charge >= 0.3 is 0 Å². The van der Waals surface area contributed by atoms with Gasteiger partial charge in [0, 0.05) is 23.9 Å². The fourth-order valence-electron chi connectivity index (χ4n) is 2.03. The van der Waals surface area contributed by atoms with Crippen molar-refractivity contribution < 1.29 is 4.74 Å². The number of rotatable bonds is 3. The Morgan fingerprint density at radius 2 is 2.16 bits per heavy atom. The molecule has 1 aromatic heterocycles. The Hall–Kier alpha value is -1.68. The zero-order valence-corrected chi connectivity index (χ0v) is 11.7. The van der Waals surface area contributed by atoms with Crippen LogP contribution in [0.1, 0.15) is 5.56 Å². The number of hydrogen-bond acceptors (Lipinski definition) is 4. The van der Waals surface area contributed by atoms with E-state index in [1.54, 1.807) is 11.8 Å². The maximum absolute atomic E-state index is 5.55. The molecular weight excluding hydrogens is 256 g/mol. The van der Waals surface area contributed by atoms with Gasteiger partial charge in [0.05, 0.1) is 6.54 Å². The number of pyridine rings is 1. The Morgan fingerprint density at radius 3 is 3.00 bits per heavy atom. The Kier molecular flexibility index (Phi) is 3.60. The maximum atomic E-state index is 5.55. The number of fused-ring (bicyclic) bond motifs is 1. The number of aromatic nitrogens is 1. The second kappa shape index (κ2) is 5.53. The van der Waals surface area contributed by atoms with Gasteiger partial charge in [-0.3, -0.25) is 0 Å². The van der Waals surface area contributed by atoms with Crippen molar-refractivity contribution in [2.45, 2.75) is 10.6 Å². The highest BCUT2D eigenvalue weighted by molar-refractivity contribution is 7.98. The molecule has 1 aliphatic rings. The summed E-state index contributed by atoms with van der Waals surface area (Å²) in [7, 11) is 2.08. The van der Waals surface area contributed by atoms with Crippen molar-refractivity contribution in [3.63, 3.8) is 0 Å². The molecule has 3 nitrogen and oxygen atoms in total. The fourth-order valence-corrected chi connectivity index (χ4v) is 2.87. The van der Waals surface area contributed by atoms with Gasteiger partial charge in [-0.15, -0.1) is 11.8 Å². The molecule has 0 aliphatic carbocycles. The molecule has 0 saturated carbocycles. The molecule has 0 fully saturated rings. The Balaban J connectivity index is 1.74. The van der Waals surface area contributed by atoms with Crippen LogP contribution in [0.5, 0.6) is 5.88 Å². The summed E-state index contributed by atoms with van der Waals surface area (Å²) in [4.78, 5) is 7.77. The Morgan fingerprint density at radius 1 is 1.32 bits per heavy atom. The Labute approximate surface area is 117 Å². The predicted molar refractivity (Wildman–Crippen MR) is 79.0 cm³/mol. The molecule has 2 heterocycles. The van der Waals surface area contributed by atoms with Crippen molar-refractivity contribution >= 4 is 17.4 Å². The summed E-state index contributed by atoms with van der Waals surface area (Å²) < 4.78 is 5.55. The van der Waals surface area contributed by atoms with Crippen molar-refractivity contribution in [2.75, 3.05) is 25.1 Å². The summed E-state index contributed by atoms with van der Waals surface area (Å²) in [5.41, 5.74) is 2.42. The lowest BCUT2D eigenvalue weighted by atomic mass is 10.2. The molecule has 98 valence electrons. The molecule has 0 atom stereocenters. The molecule has 0 unspecified atom stereocenters. The highest BCUT2D eigenvalue weighted by Gasteiger charge is 2.16. The van der Waals surface area contributed by atoms with E-state index in [2.05, 4.69) is 47.3 Å². The van der Waals surface area contributed by atoms with E-state index >= 15 is 0 Å². The fraction of sp³-hybridized carbons (Fsp3) is 0.267. The third-order valence-electron chi connectivity index (χ3n) is 3.13. The third-order valence-corrected chi connectivity index (χ3v) is 4.17. The minimum atomic E-state index is 0.715. The van der Waals surface area contributed by atoms with E-state index in [4.69, 9.17) is 4.74 Å². The van der Waals surface area contributed by atoms with Crippen molar-refractivity contribution in [1.29, 1.82) is 0 Å². The first-order chi connectivity index (χ1) is 9.33. The van der Waals surface area contributed by atoms with Gasteiger partial charge in [-0.2, -0.15) is 0 Å². The number of anilines is 1. The lowest BCUT2D eigenvalue weighted by Gasteiger charge is -2.26. The Bertz CT molecular complexity index is 559. The van der Waals surface area contributed by atoms with Crippen molar-refractivity contribution in [2.24, 2.45) is 0 Å². The van der Waals surface area contributed by atoms with Gasteiger partial charge in [0.1, 0.15) is 12.3 Å². The highest BCUT2D eigenvalue weighted by Crippen LogP contribution is 2.33. The first kappa shape index (κ1) is 12.4. The van der Waals surface area contributed by atoms with Crippen molar-refractivity contribution in [3.8, 4) is 5.88 Å². The second-order valence-electron chi connectivity index (χ2n) is 4.54. The number of hydrogen-bond donors (Lipinski definition) is 0. The van der Waals surface area contributed by atoms with Gasteiger partial charge < -0.3 is 9.64 Å².